The lowest BCUT2D eigenvalue weighted by Crippen LogP contribution is -2.60. The highest BCUT2D eigenvalue weighted by Gasteiger charge is 2.48. The van der Waals surface area contributed by atoms with Crippen molar-refractivity contribution < 1.29 is 9.90 Å². The Labute approximate surface area is 98.6 Å². The lowest BCUT2D eigenvalue weighted by Gasteiger charge is -2.46. The topological polar surface area (TPSA) is 49.3 Å². The lowest BCUT2D eigenvalue weighted by atomic mass is 9.64. The molecule has 2 unspecified atom stereocenters. The third-order valence-electron chi connectivity index (χ3n) is 3.97. The molecule has 0 aliphatic heterocycles. The number of nitrogens with one attached hydrogen (secondary N) is 1. The third kappa shape index (κ3) is 2.57. The minimum absolute atomic E-state index is 0.195. The van der Waals surface area contributed by atoms with Gasteiger partial charge in [-0.1, -0.05) is 27.7 Å². The Morgan fingerprint density at radius 2 is 2.06 bits per heavy atom. The predicted molar refractivity (Wildman–Crippen MR) is 65.5 cm³/mol. The monoisotopic (exact) mass is 227 g/mol. The fraction of sp³-hybridized carbons (Fsp3) is 0.923. The van der Waals surface area contributed by atoms with E-state index < -0.39 is 11.5 Å². The highest BCUT2D eigenvalue weighted by atomic mass is 16.4. The Balaban J connectivity index is 2.82. The van der Waals surface area contributed by atoms with Crippen LogP contribution in [-0.4, -0.2) is 23.2 Å². The molecule has 1 aliphatic carbocycles. The fourth-order valence-electron chi connectivity index (χ4n) is 2.89. The van der Waals surface area contributed by atoms with E-state index >= 15 is 0 Å². The molecule has 0 aromatic carbocycles. The number of carboxylic acid groups (broad SMARTS) is 1. The number of aliphatic carboxylic acids is 1. The van der Waals surface area contributed by atoms with Crippen LogP contribution in [0.3, 0.4) is 0 Å². The van der Waals surface area contributed by atoms with Crippen molar-refractivity contribution in [2.75, 3.05) is 6.54 Å². The first-order chi connectivity index (χ1) is 7.34. The van der Waals surface area contributed by atoms with Crippen molar-refractivity contribution in [2.24, 2.45) is 11.3 Å². The molecule has 3 nitrogen and oxygen atoms in total. The molecule has 0 radical (unpaired) electrons. The zero-order valence-electron chi connectivity index (χ0n) is 11.0. The average Bonchev–Trinajstić information content (AvgIpc) is 2.15. The van der Waals surface area contributed by atoms with Gasteiger partial charge in [-0.05, 0) is 43.6 Å². The molecule has 0 aromatic heterocycles. The number of hydrogen-bond donors (Lipinski definition) is 2. The summed E-state index contributed by atoms with van der Waals surface area (Å²) < 4.78 is 0. The van der Waals surface area contributed by atoms with E-state index in [9.17, 15) is 9.90 Å². The summed E-state index contributed by atoms with van der Waals surface area (Å²) in [6, 6.07) is 0. The molecule has 3 heteroatoms. The van der Waals surface area contributed by atoms with Crippen LogP contribution in [-0.2, 0) is 4.79 Å². The molecule has 0 amide bonds. The zero-order chi connectivity index (χ0) is 12.4. The Kier molecular flexibility index (Phi) is 4.00. The Hall–Kier alpha value is -0.570. The number of carbonyl (C=O) groups is 1. The van der Waals surface area contributed by atoms with Crippen LogP contribution in [0, 0.1) is 11.3 Å². The standard InChI is InChI=1S/C13H25NO2/c1-5-8-14-13(11(15)16)7-6-12(3,4)9-10(13)2/h10,14H,5-9H2,1-4H3,(H,15,16). The molecule has 16 heavy (non-hydrogen) atoms. The Bertz CT molecular complexity index is 263. The summed E-state index contributed by atoms with van der Waals surface area (Å²) in [7, 11) is 0. The van der Waals surface area contributed by atoms with E-state index in [4.69, 9.17) is 0 Å². The normalized spacial score (nSPS) is 33.6. The molecule has 1 aliphatic rings. The van der Waals surface area contributed by atoms with Gasteiger partial charge >= 0.3 is 5.97 Å². The molecule has 1 fully saturated rings. The summed E-state index contributed by atoms with van der Waals surface area (Å²) >= 11 is 0. The molecule has 1 saturated carbocycles. The fourth-order valence-corrected chi connectivity index (χ4v) is 2.89. The summed E-state index contributed by atoms with van der Waals surface area (Å²) in [6.45, 7) is 9.39. The second kappa shape index (κ2) is 4.74. The van der Waals surface area contributed by atoms with Gasteiger partial charge in [0.1, 0.15) is 5.54 Å². The minimum Gasteiger partial charge on any atom is -0.480 e. The summed E-state index contributed by atoms with van der Waals surface area (Å²) in [6.07, 6.45) is 3.69. The minimum atomic E-state index is -0.689. The highest BCUT2D eigenvalue weighted by Crippen LogP contribution is 2.44. The van der Waals surface area contributed by atoms with Gasteiger partial charge in [0.25, 0.3) is 0 Å². The van der Waals surface area contributed by atoms with Crippen LogP contribution in [0.4, 0.5) is 0 Å². The maximum atomic E-state index is 11.5. The Morgan fingerprint density at radius 3 is 2.50 bits per heavy atom. The second-order valence-electron chi connectivity index (χ2n) is 5.97. The predicted octanol–water partition coefficient (Wildman–Crippen LogP) is 2.66. The summed E-state index contributed by atoms with van der Waals surface area (Å²) in [5, 5.41) is 12.8. The summed E-state index contributed by atoms with van der Waals surface area (Å²) in [5.41, 5.74) is -0.405. The van der Waals surface area contributed by atoms with E-state index in [0.29, 0.717) is 0 Å². The van der Waals surface area contributed by atoms with Crippen LogP contribution in [0.5, 0.6) is 0 Å². The van der Waals surface area contributed by atoms with Crippen LogP contribution in [0.25, 0.3) is 0 Å². The van der Waals surface area contributed by atoms with Crippen LogP contribution in [0.15, 0.2) is 0 Å². The molecule has 2 atom stereocenters. The van der Waals surface area contributed by atoms with Gasteiger partial charge in [0, 0.05) is 0 Å². The molecular weight excluding hydrogens is 202 g/mol. The van der Waals surface area contributed by atoms with Crippen molar-refractivity contribution in [3.05, 3.63) is 0 Å². The summed E-state index contributed by atoms with van der Waals surface area (Å²) in [5.74, 6) is -0.482. The smallest absolute Gasteiger partial charge is 0.324 e. The van der Waals surface area contributed by atoms with Crippen LogP contribution in [0.1, 0.15) is 53.4 Å². The van der Waals surface area contributed by atoms with Gasteiger partial charge in [-0.3, -0.25) is 4.79 Å². The molecule has 0 bridgehead atoms. The van der Waals surface area contributed by atoms with Gasteiger partial charge in [-0.2, -0.15) is 0 Å². The maximum absolute atomic E-state index is 11.5. The van der Waals surface area contributed by atoms with Crippen LogP contribution >= 0.6 is 0 Å². The van der Waals surface area contributed by atoms with Crippen LogP contribution in [0.2, 0.25) is 0 Å². The first-order valence-electron chi connectivity index (χ1n) is 6.32. The molecule has 2 N–H and O–H groups in total. The van der Waals surface area contributed by atoms with Crippen LogP contribution < -0.4 is 5.32 Å². The molecule has 0 heterocycles. The summed E-state index contributed by atoms with van der Waals surface area (Å²) in [4.78, 5) is 11.5. The molecule has 0 aromatic rings. The van der Waals surface area contributed by atoms with Gasteiger partial charge < -0.3 is 10.4 Å². The molecule has 0 spiro atoms. The largest absolute Gasteiger partial charge is 0.480 e. The van der Waals surface area contributed by atoms with E-state index in [0.717, 1.165) is 32.2 Å². The lowest BCUT2D eigenvalue weighted by molar-refractivity contribution is -0.150. The Morgan fingerprint density at radius 1 is 1.44 bits per heavy atom. The third-order valence-corrected chi connectivity index (χ3v) is 3.97. The highest BCUT2D eigenvalue weighted by molar-refractivity contribution is 5.79. The second-order valence-corrected chi connectivity index (χ2v) is 5.97. The van der Waals surface area contributed by atoms with Gasteiger partial charge in [-0.25, -0.2) is 0 Å². The first kappa shape index (κ1) is 13.5. The van der Waals surface area contributed by atoms with E-state index in [1.54, 1.807) is 0 Å². The molecule has 94 valence electrons. The SMILES string of the molecule is CCCNC1(C(=O)O)CCC(C)(C)CC1C. The molecule has 0 saturated heterocycles. The number of hydrogen-bond acceptors (Lipinski definition) is 2. The van der Waals surface area contributed by atoms with E-state index in [1.165, 1.54) is 0 Å². The van der Waals surface area contributed by atoms with Crippen molar-refractivity contribution in [2.45, 2.75) is 58.9 Å². The number of rotatable bonds is 4. The number of carboxylic acids is 1. The van der Waals surface area contributed by atoms with Gasteiger partial charge in [-0.15, -0.1) is 0 Å². The van der Waals surface area contributed by atoms with Crippen molar-refractivity contribution in [1.29, 1.82) is 0 Å². The molecule has 1 rings (SSSR count). The van der Waals surface area contributed by atoms with Crippen molar-refractivity contribution in [3.63, 3.8) is 0 Å². The van der Waals surface area contributed by atoms with E-state index in [1.807, 2.05) is 0 Å². The van der Waals surface area contributed by atoms with Gasteiger partial charge in [0.05, 0.1) is 0 Å². The zero-order valence-corrected chi connectivity index (χ0v) is 11.0. The quantitative estimate of drug-likeness (QED) is 0.776. The van der Waals surface area contributed by atoms with Crippen molar-refractivity contribution in [1.82, 2.24) is 5.32 Å². The van der Waals surface area contributed by atoms with Crippen molar-refractivity contribution in [3.8, 4) is 0 Å². The average molecular weight is 227 g/mol. The maximum Gasteiger partial charge on any atom is 0.324 e. The van der Waals surface area contributed by atoms with Crippen molar-refractivity contribution >= 4 is 5.97 Å². The molecular formula is C13H25NO2. The van der Waals surface area contributed by atoms with Gasteiger partial charge in [0.15, 0.2) is 0 Å². The van der Waals surface area contributed by atoms with Gasteiger partial charge in [0.2, 0.25) is 0 Å². The van der Waals surface area contributed by atoms with E-state index in [-0.39, 0.29) is 11.3 Å². The van der Waals surface area contributed by atoms with E-state index in [2.05, 4.69) is 33.0 Å². The first-order valence-corrected chi connectivity index (χ1v) is 6.32.